The standard InChI is InChI=1S/C29H25N4O.C17H12N.Ir/c1-17(2)19-10-7-11-20(18(3)4)26(19)33-24-15-30-16-31-28(24)32-29(33)23-13-8-12-22-21-9-5-6-14-25(21)34-27(22)23;1-3-7-14(8-4-1)16-11-12-18-17(13-16)15-9-5-2-6-10-15;/h5-12,14-18H,1-4H3;1-9,11-13H;/q2*-1;. The maximum Gasteiger partial charge on any atom is 0.171 e. The number of hydrogen-bond acceptors (Lipinski definition) is 5. The Labute approximate surface area is 323 Å². The Morgan fingerprint density at radius 3 is 2.19 bits per heavy atom. The number of rotatable bonds is 6. The van der Waals surface area contributed by atoms with Gasteiger partial charge in [-0.2, -0.15) is 0 Å². The quantitative estimate of drug-likeness (QED) is 0.156. The van der Waals surface area contributed by atoms with Crippen molar-refractivity contribution in [3.05, 3.63) is 163 Å². The van der Waals surface area contributed by atoms with Crippen molar-refractivity contribution in [3.63, 3.8) is 0 Å². The van der Waals surface area contributed by atoms with E-state index in [1.54, 1.807) is 6.33 Å². The van der Waals surface area contributed by atoms with Crippen LogP contribution in [0.3, 0.4) is 0 Å². The summed E-state index contributed by atoms with van der Waals surface area (Å²) in [6.45, 7) is 8.91. The fourth-order valence-corrected chi connectivity index (χ4v) is 6.79. The zero-order chi connectivity index (χ0) is 35.6. The van der Waals surface area contributed by atoms with Gasteiger partial charge in [0.2, 0.25) is 0 Å². The minimum Gasteiger partial charge on any atom is -0.501 e. The summed E-state index contributed by atoms with van der Waals surface area (Å²) in [5.41, 5.74) is 12.0. The zero-order valence-corrected chi connectivity index (χ0v) is 32.3. The van der Waals surface area contributed by atoms with Gasteiger partial charge in [0.1, 0.15) is 17.4 Å². The molecule has 9 aromatic rings. The molecule has 0 aliphatic rings. The van der Waals surface area contributed by atoms with Crippen molar-refractivity contribution in [2.75, 3.05) is 0 Å². The van der Waals surface area contributed by atoms with Crippen LogP contribution in [0.25, 0.3) is 72.6 Å². The fourth-order valence-electron chi connectivity index (χ4n) is 6.79. The van der Waals surface area contributed by atoms with Crippen molar-refractivity contribution >= 4 is 33.1 Å². The summed E-state index contributed by atoms with van der Waals surface area (Å²) in [6, 6.07) is 47.7. The number of fused-ring (bicyclic) bond motifs is 4. The van der Waals surface area contributed by atoms with Crippen molar-refractivity contribution < 1.29 is 24.5 Å². The number of hydrogen-bond donors (Lipinski definition) is 0. The van der Waals surface area contributed by atoms with Crippen LogP contribution in [0.15, 0.2) is 144 Å². The first-order chi connectivity index (χ1) is 25.5. The van der Waals surface area contributed by atoms with Crippen LogP contribution < -0.4 is 0 Å². The minimum absolute atomic E-state index is 0. The summed E-state index contributed by atoms with van der Waals surface area (Å²) < 4.78 is 8.57. The molecule has 0 N–H and O–H groups in total. The molecule has 4 heterocycles. The smallest absolute Gasteiger partial charge is 0.171 e. The van der Waals surface area contributed by atoms with E-state index in [1.165, 1.54) is 22.3 Å². The first-order valence-corrected chi connectivity index (χ1v) is 17.6. The fraction of sp³-hybridized carbons (Fsp3) is 0.130. The van der Waals surface area contributed by atoms with E-state index in [-0.39, 0.29) is 20.1 Å². The molecule has 1 radical (unpaired) electrons. The number of para-hydroxylation sites is 2. The van der Waals surface area contributed by atoms with Crippen LogP contribution in [0.5, 0.6) is 0 Å². The number of imidazole rings is 1. The van der Waals surface area contributed by atoms with Crippen LogP contribution in [0.1, 0.15) is 50.7 Å². The van der Waals surface area contributed by atoms with Crippen LogP contribution in [-0.4, -0.2) is 24.5 Å². The summed E-state index contributed by atoms with van der Waals surface area (Å²) in [7, 11) is 0. The molecule has 0 spiro atoms. The molecule has 0 saturated heterocycles. The summed E-state index contributed by atoms with van der Waals surface area (Å²) >= 11 is 0. The maximum absolute atomic E-state index is 6.36. The Morgan fingerprint density at radius 1 is 0.679 bits per heavy atom. The molecular weight excluding hydrogens is 831 g/mol. The number of nitrogens with zero attached hydrogens (tertiary/aromatic N) is 5. The first-order valence-electron chi connectivity index (χ1n) is 17.6. The normalized spacial score (nSPS) is 11.2. The monoisotopic (exact) mass is 868 g/mol. The molecule has 9 rings (SSSR count). The van der Waals surface area contributed by atoms with Gasteiger partial charge in [0.15, 0.2) is 5.65 Å². The summed E-state index contributed by atoms with van der Waals surface area (Å²) in [5, 5.41) is 2.14. The van der Waals surface area contributed by atoms with Crippen molar-refractivity contribution in [1.29, 1.82) is 0 Å². The van der Waals surface area contributed by atoms with Crippen LogP contribution in [-0.2, 0) is 20.1 Å². The van der Waals surface area contributed by atoms with E-state index in [0.717, 1.165) is 55.8 Å². The molecule has 0 unspecified atom stereocenters. The average Bonchev–Trinajstić information content (AvgIpc) is 3.77. The SMILES string of the molecule is CC(C)c1cccc(C(C)C)c1-n1c(-c2[c-]ccc3c2oc2ccccc23)nc2ncncc21.[Ir].[c-]1ccccc1-c1cc(-c2ccccc2)ccn1. The predicted molar refractivity (Wildman–Crippen MR) is 210 cm³/mol. The first kappa shape index (κ1) is 35.6. The minimum atomic E-state index is 0. The van der Waals surface area contributed by atoms with Crippen LogP contribution in [0.4, 0.5) is 0 Å². The predicted octanol–water partition coefficient (Wildman–Crippen LogP) is 11.6. The van der Waals surface area contributed by atoms with Gasteiger partial charge >= 0.3 is 0 Å². The number of aromatic nitrogens is 5. The van der Waals surface area contributed by atoms with E-state index in [0.29, 0.717) is 17.5 Å². The second-order valence-electron chi connectivity index (χ2n) is 13.4. The molecule has 7 heteroatoms. The molecule has 0 saturated carbocycles. The molecule has 263 valence electrons. The summed E-state index contributed by atoms with van der Waals surface area (Å²) in [5.74, 6) is 1.42. The van der Waals surface area contributed by atoms with Crippen molar-refractivity contribution in [1.82, 2.24) is 24.5 Å². The van der Waals surface area contributed by atoms with E-state index >= 15 is 0 Å². The van der Waals surface area contributed by atoms with Gasteiger partial charge in [0.25, 0.3) is 0 Å². The van der Waals surface area contributed by atoms with Crippen LogP contribution in [0.2, 0.25) is 0 Å². The summed E-state index contributed by atoms with van der Waals surface area (Å²) in [4.78, 5) is 18.2. The van der Waals surface area contributed by atoms with E-state index in [4.69, 9.17) is 9.40 Å². The van der Waals surface area contributed by atoms with Gasteiger partial charge in [-0.05, 0) is 51.9 Å². The Bertz CT molecular complexity index is 2560. The zero-order valence-electron chi connectivity index (χ0n) is 29.9. The molecule has 4 aromatic heterocycles. The second kappa shape index (κ2) is 15.5. The third-order valence-corrected chi connectivity index (χ3v) is 9.32. The van der Waals surface area contributed by atoms with Gasteiger partial charge < -0.3 is 14.0 Å². The molecular formula is C46H37IrN5O-2. The Morgan fingerprint density at radius 2 is 1.43 bits per heavy atom. The number of furan rings is 1. The van der Waals surface area contributed by atoms with E-state index in [1.807, 2.05) is 85.2 Å². The van der Waals surface area contributed by atoms with Gasteiger partial charge in [-0.3, -0.25) is 4.98 Å². The van der Waals surface area contributed by atoms with Crippen molar-refractivity contribution in [3.8, 4) is 39.5 Å². The molecule has 0 aliphatic carbocycles. The molecule has 0 aliphatic heterocycles. The molecule has 0 atom stereocenters. The largest absolute Gasteiger partial charge is 0.501 e. The van der Waals surface area contributed by atoms with E-state index < -0.39 is 0 Å². The molecule has 0 bridgehead atoms. The van der Waals surface area contributed by atoms with Gasteiger partial charge in [0.05, 0.1) is 17.6 Å². The van der Waals surface area contributed by atoms with Gasteiger partial charge in [0, 0.05) is 37.4 Å². The van der Waals surface area contributed by atoms with E-state index in [9.17, 15) is 0 Å². The number of benzene rings is 5. The average molecular weight is 868 g/mol. The molecule has 0 fully saturated rings. The van der Waals surface area contributed by atoms with Crippen molar-refractivity contribution in [2.24, 2.45) is 0 Å². The third-order valence-electron chi connectivity index (χ3n) is 9.32. The molecule has 5 aromatic carbocycles. The van der Waals surface area contributed by atoms with Crippen LogP contribution >= 0.6 is 0 Å². The Hall–Kier alpha value is -5.75. The topological polar surface area (TPSA) is 69.6 Å². The van der Waals surface area contributed by atoms with Gasteiger partial charge in [-0.1, -0.05) is 111 Å². The Kier molecular flexibility index (Phi) is 10.4. The third kappa shape index (κ3) is 6.94. The van der Waals surface area contributed by atoms with Crippen LogP contribution in [0, 0.1) is 12.1 Å². The molecule has 0 amide bonds. The second-order valence-corrected chi connectivity index (χ2v) is 13.4. The van der Waals surface area contributed by atoms with Gasteiger partial charge in [-0.25, -0.2) is 9.97 Å². The summed E-state index contributed by atoms with van der Waals surface area (Å²) in [6.07, 6.45) is 5.24. The molecule has 53 heavy (non-hydrogen) atoms. The van der Waals surface area contributed by atoms with Crippen molar-refractivity contribution in [2.45, 2.75) is 39.5 Å². The number of pyridine rings is 1. The van der Waals surface area contributed by atoms with E-state index in [2.05, 4.69) is 108 Å². The maximum atomic E-state index is 6.36. The Balaban J connectivity index is 0.000000194. The molecule has 6 nitrogen and oxygen atoms in total. The van der Waals surface area contributed by atoms with Gasteiger partial charge in [-0.15, -0.1) is 54.1 Å².